The van der Waals surface area contributed by atoms with E-state index in [9.17, 15) is 8.78 Å². The zero-order valence-corrected chi connectivity index (χ0v) is 11.4. The molecule has 17 heavy (non-hydrogen) atoms. The van der Waals surface area contributed by atoms with Crippen LogP contribution < -0.4 is 5.32 Å². The van der Waals surface area contributed by atoms with E-state index in [4.69, 9.17) is 11.6 Å². The Labute approximate surface area is 114 Å². The Kier molecular flexibility index (Phi) is 7.18. The molecule has 0 aliphatic rings. The zero-order valence-electron chi connectivity index (χ0n) is 8.94. The van der Waals surface area contributed by atoms with Crippen molar-refractivity contribution in [3.8, 4) is 0 Å². The second kappa shape index (κ2) is 8.13. The number of nitrogens with one attached hydrogen (secondary N) is 1. The van der Waals surface area contributed by atoms with E-state index >= 15 is 0 Å². The van der Waals surface area contributed by atoms with Crippen LogP contribution in [-0.2, 0) is 0 Å². The highest BCUT2D eigenvalue weighted by molar-refractivity contribution is 7.99. The lowest BCUT2D eigenvalue weighted by Gasteiger charge is -2.17. The lowest BCUT2D eigenvalue weighted by Crippen LogP contribution is -2.21. The van der Waals surface area contributed by atoms with Crippen LogP contribution in [0.5, 0.6) is 0 Å². The highest BCUT2D eigenvalue weighted by atomic mass is 35.5. The van der Waals surface area contributed by atoms with Gasteiger partial charge in [-0.15, -0.1) is 0 Å². The molecule has 2 nitrogen and oxygen atoms in total. The predicted molar refractivity (Wildman–Crippen MR) is 72.1 cm³/mol. The number of hydrogen-bond acceptors (Lipinski definition) is 4. The maximum Gasteiger partial charge on any atom is 0.286 e. The lowest BCUT2D eigenvalue weighted by molar-refractivity contribution is 0.250. The molecule has 1 unspecified atom stereocenters. The van der Waals surface area contributed by atoms with Gasteiger partial charge in [-0.2, -0.15) is 21.4 Å². The van der Waals surface area contributed by atoms with E-state index in [1.807, 2.05) is 0 Å². The van der Waals surface area contributed by atoms with E-state index < -0.39 is 11.1 Å². The maximum atomic E-state index is 12.4. The largest absolute Gasteiger partial charge is 0.301 e. The Balaban J connectivity index is 2.64. The fraction of sp³-hybridized carbons (Fsp3) is 0.500. The van der Waals surface area contributed by atoms with Gasteiger partial charge in [0.05, 0.1) is 5.37 Å². The summed E-state index contributed by atoms with van der Waals surface area (Å²) in [5.74, 6) is -1.71. The van der Waals surface area contributed by atoms with Crippen molar-refractivity contribution < 1.29 is 8.78 Å². The van der Waals surface area contributed by atoms with Crippen molar-refractivity contribution in [3.05, 3.63) is 29.0 Å². The molecule has 0 aliphatic carbocycles. The minimum absolute atomic E-state index is 0.352. The summed E-state index contributed by atoms with van der Waals surface area (Å²) in [4.78, 5) is 3.89. The number of alkyl halides is 2. The molecule has 0 saturated carbocycles. The van der Waals surface area contributed by atoms with Gasteiger partial charge in [0.15, 0.2) is 0 Å². The lowest BCUT2D eigenvalue weighted by atomic mass is 10.3. The van der Waals surface area contributed by atoms with Gasteiger partial charge < -0.3 is 5.32 Å². The number of thioether (sulfide) groups is 1. The summed E-state index contributed by atoms with van der Waals surface area (Å²) >= 11 is 10.3. The predicted octanol–water partition coefficient (Wildman–Crippen LogP) is 3.60. The summed E-state index contributed by atoms with van der Waals surface area (Å²) in [5.41, 5.74) is 0.693. The van der Waals surface area contributed by atoms with Crippen LogP contribution in [0.2, 0.25) is 5.15 Å². The molecule has 0 spiro atoms. The van der Waals surface area contributed by atoms with Crippen molar-refractivity contribution in [1.29, 1.82) is 0 Å². The standard InChI is InChI=1S/C10H13ClF2N2S2/c11-8-3-2-7(6-15-8)9(17-10(12)13)14-4-1-5-16/h2-3,6,9-10,14,16H,1,4-5H2. The van der Waals surface area contributed by atoms with E-state index in [0.29, 0.717) is 29.0 Å². The molecule has 96 valence electrons. The quantitative estimate of drug-likeness (QED) is 0.348. The molecule has 0 amide bonds. The molecule has 7 heteroatoms. The highest BCUT2D eigenvalue weighted by Gasteiger charge is 2.17. The number of aromatic nitrogens is 1. The van der Waals surface area contributed by atoms with Crippen LogP contribution in [0.15, 0.2) is 18.3 Å². The number of halogens is 3. The first kappa shape index (κ1) is 15.0. The summed E-state index contributed by atoms with van der Waals surface area (Å²) in [6.45, 7) is 0.635. The highest BCUT2D eigenvalue weighted by Crippen LogP contribution is 2.31. The summed E-state index contributed by atoms with van der Waals surface area (Å²) in [7, 11) is 0. The van der Waals surface area contributed by atoms with Crippen molar-refractivity contribution in [2.45, 2.75) is 17.6 Å². The monoisotopic (exact) mass is 298 g/mol. The topological polar surface area (TPSA) is 24.9 Å². The Morgan fingerprint density at radius 3 is 2.76 bits per heavy atom. The maximum absolute atomic E-state index is 12.4. The molecule has 1 N–H and O–H groups in total. The van der Waals surface area contributed by atoms with Crippen LogP contribution >= 0.6 is 36.0 Å². The van der Waals surface area contributed by atoms with Crippen molar-refractivity contribution in [1.82, 2.24) is 10.3 Å². The van der Waals surface area contributed by atoms with Gasteiger partial charge in [0.1, 0.15) is 5.15 Å². The Morgan fingerprint density at radius 2 is 2.24 bits per heavy atom. The average Bonchev–Trinajstić information content (AvgIpc) is 2.28. The molecule has 0 bridgehead atoms. The molecular formula is C10H13ClF2N2S2. The van der Waals surface area contributed by atoms with Gasteiger partial charge >= 0.3 is 0 Å². The molecule has 1 rings (SSSR count). The minimum Gasteiger partial charge on any atom is -0.301 e. The van der Waals surface area contributed by atoms with Crippen LogP contribution in [-0.4, -0.2) is 23.0 Å². The molecule has 0 fully saturated rings. The average molecular weight is 299 g/mol. The van der Waals surface area contributed by atoms with Crippen molar-refractivity contribution in [2.24, 2.45) is 0 Å². The fourth-order valence-corrected chi connectivity index (χ4v) is 2.19. The molecule has 1 aromatic rings. The first-order chi connectivity index (χ1) is 8.13. The van der Waals surface area contributed by atoms with Crippen LogP contribution in [0, 0.1) is 0 Å². The van der Waals surface area contributed by atoms with E-state index in [2.05, 4.69) is 22.9 Å². The van der Waals surface area contributed by atoms with Crippen LogP contribution in [0.25, 0.3) is 0 Å². The Hall–Kier alpha value is -0.0400. The Morgan fingerprint density at radius 1 is 1.47 bits per heavy atom. The second-order valence-electron chi connectivity index (χ2n) is 3.22. The molecular weight excluding hydrogens is 286 g/mol. The summed E-state index contributed by atoms with van der Waals surface area (Å²) in [6.07, 6.45) is 2.33. The number of hydrogen-bond donors (Lipinski definition) is 2. The third-order valence-electron chi connectivity index (χ3n) is 1.96. The summed E-state index contributed by atoms with van der Waals surface area (Å²) in [6, 6.07) is 3.29. The van der Waals surface area contributed by atoms with Gasteiger partial charge in [0, 0.05) is 6.20 Å². The van der Waals surface area contributed by atoms with Gasteiger partial charge in [-0.05, 0) is 30.3 Å². The molecule has 0 radical (unpaired) electrons. The first-order valence-corrected chi connectivity index (χ1v) is 6.98. The molecule has 0 aliphatic heterocycles. The van der Waals surface area contributed by atoms with E-state index in [-0.39, 0.29) is 0 Å². The van der Waals surface area contributed by atoms with Crippen LogP contribution in [0.1, 0.15) is 17.4 Å². The number of rotatable bonds is 7. The Bertz CT molecular complexity index is 325. The van der Waals surface area contributed by atoms with E-state index in [0.717, 1.165) is 12.2 Å². The third-order valence-corrected chi connectivity index (χ3v) is 3.41. The second-order valence-corrected chi connectivity index (χ2v) is 5.16. The number of nitrogens with zero attached hydrogens (tertiary/aromatic N) is 1. The molecule has 1 aromatic heterocycles. The van der Waals surface area contributed by atoms with Crippen molar-refractivity contribution in [2.75, 3.05) is 12.3 Å². The fourth-order valence-electron chi connectivity index (χ4n) is 1.20. The van der Waals surface area contributed by atoms with Crippen molar-refractivity contribution >= 4 is 36.0 Å². The molecule has 1 heterocycles. The molecule has 0 saturated heterocycles. The minimum atomic E-state index is -2.43. The normalized spacial score (nSPS) is 13.0. The number of thiol groups is 1. The van der Waals surface area contributed by atoms with Gasteiger partial charge in [-0.25, -0.2) is 4.98 Å². The van der Waals surface area contributed by atoms with Gasteiger partial charge in [0.2, 0.25) is 0 Å². The zero-order chi connectivity index (χ0) is 12.7. The van der Waals surface area contributed by atoms with Gasteiger partial charge in [-0.1, -0.05) is 29.4 Å². The van der Waals surface area contributed by atoms with Crippen LogP contribution in [0.4, 0.5) is 8.78 Å². The smallest absolute Gasteiger partial charge is 0.286 e. The third kappa shape index (κ3) is 5.90. The van der Waals surface area contributed by atoms with Gasteiger partial charge in [0.25, 0.3) is 5.76 Å². The van der Waals surface area contributed by atoms with Gasteiger partial charge in [-0.3, -0.25) is 0 Å². The van der Waals surface area contributed by atoms with Crippen molar-refractivity contribution in [3.63, 3.8) is 0 Å². The molecule has 1 atom stereocenters. The summed E-state index contributed by atoms with van der Waals surface area (Å²) in [5, 5.41) is 2.92. The summed E-state index contributed by atoms with van der Waals surface area (Å²) < 4.78 is 24.8. The number of pyridine rings is 1. The van der Waals surface area contributed by atoms with Crippen LogP contribution in [0.3, 0.4) is 0 Å². The first-order valence-electron chi connectivity index (χ1n) is 5.03. The van der Waals surface area contributed by atoms with E-state index in [1.165, 1.54) is 6.20 Å². The molecule has 0 aromatic carbocycles. The van der Waals surface area contributed by atoms with E-state index in [1.54, 1.807) is 12.1 Å². The SMILES string of the molecule is FC(F)SC(NCCCS)c1ccc(Cl)nc1.